The van der Waals surface area contributed by atoms with E-state index in [2.05, 4.69) is 17.1 Å². The highest BCUT2D eigenvalue weighted by atomic mass is 16.5. The molecule has 24 heavy (non-hydrogen) atoms. The van der Waals surface area contributed by atoms with Crippen molar-refractivity contribution in [3.8, 4) is 5.75 Å². The van der Waals surface area contributed by atoms with Crippen LogP contribution in [0.1, 0.15) is 18.9 Å². The number of rotatable bonds is 7. The Morgan fingerprint density at radius 2 is 1.88 bits per heavy atom. The van der Waals surface area contributed by atoms with Gasteiger partial charge in [-0.05, 0) is 24.6 Å². The van der Waals surface area contributed by atoms with E-state index in [4.69, 9.17) is 4.74 Å². The third-order valence-corrected chi connectivity index (χ3v) is 4.39. The summed E-state index contributed by atoms with van der Waals surface area (Å²) in [5.74, 6) is 0.519. The first kappa shape index (κ1) is 18.3. The summed E-state index contributed by atoms with van der Waals surface area (Å²) in [6.07, 6.45) is 0.608. The lowest BCUT2D eigenvalue weighted by Gasteiger charge is -2.34. The molecule has 1 heterocycles. The van der Waals surface area contributed by atoms with Crippen LogP contribution in [0.3, 0.4) is 0 Å². The monoisotopic (exact) mass is 333 g/mol. The Morgan fingerprint density at radius 1 is 1.17 bits per heavy atom. The third-order valence-electron chi connectivity index (χ3n) is 4.39. The Bertz CT molecular complexity index is 554. The van der Waals surface area contributed by atoms with Crippen LogP contribution in [0.15, 0.2) is 24.3 Å². The summed E-state index contributed by atoms with van der Waals surface area (Å²) in [7, 11) is 1.63. The molecule has 132 valence electrons. The second-order valence-corrected chi connectivity index (χ2v) is 5.90. The number of hydrogen-bond donors (Lipinski definition) is 1. The lowest BCUT2D eigenvalue weighted by Crippen LogP contribution is -2.49. The predicted molar refractivity (Wildman–Crippen MR) is 93.0 cm³/mol. The van der Waals surface area contributed by atoms with E-state index < -0.39 is 0 Å². The largest absolute Gasteiger partial charge is 0.496 e. The van der Waals surface area contributed by atoms with E-state index in [0.29, 0.717) is 26.1 Å². The number of methoxy groups -OCH3 is 1. The number of hydrogen-bond acceptors (Lipinski definition) is 4. The average molecular weight is 333 g/mol. The van der Waals surface area contributed by atoms with Crippen molar-refractivity contribution in [3.63, 3.8) is 0 Å². The first-order chi connectivity index (χ1) is 11.6. The number of nitrogens with zero attached hydrogens (tertiary/aromatic N) is 2. The predicted octanol–water partition coefficient (Wildman–Crippen LogP) is 0.908. The molecule has 6 heteroatoms. The molecule has 1 fully saturated rings. The van der Waals surface area contributed by atoms with E-state index in [1.54, 1.807) is 12.0 Å². The van der Waals surface area contributed by atoms with Crippen LogP contribution in [0.2, 0.25) is 0 Å². The van der Waals surface area contributed by atoms with Crippen LogP contribution in [0.25, 0.3) is 0 Å². The molecule has 0 radical (unpaired) electrons. The smallest absolute Gasteiger partial charge is 0.232 e. The van der Waals surface area contributed by atoms with Gasteiger partial charge in [-0.25, -0.2) is 0 Å². The Balaban J connectivity index is 1.70. The maximum Gasteiger partial charge on any atom is 0.232 e. The van der Waals surface area contributed by atoms with Gasteiger partial charge in [-0.1, -0.05) is 25.1 Å². The minimum absolute atomic E-state index is 0.0714. The molecule has 2 rings (SSSR count). The average Bonchev–Trinajstić information content (AvgIpc) is 2.62. The molecule has 1 aromatic rings. The quantitative estimate of drug-likeness (QED) is 0.754. The topological polar surface area (TPSA) is 61.9 Å². The Hall–Kier alpha value is -2.08. The number of carbonyl (C=O) groups is 2. The van der Waals surface area contributed by atoms with Gasteiger partial charge in [-0.3, -0.25) is 9.59 Å². The molecule has 1 aliphatic heterocycles. The van der Waals surface area contributed by atoms with Crippen molar-refractivity contribution in [3.05, 3.63) is 29.8 Å². The minimum atomic E-state index is -0.215. The number of amides is 2. The molecule has 0 unspecified atom stereocenters. The van der Waals surface area contributed by atoms with Crippen molar-refractivity contribution in [2.24, 2.45) is 0 Å². The van der Waals surface area contributed by atoms with Gasteiger partial charge < -0.3 is 19.9 Å². The third kappa shape index (κ3) is 5.23. The zero-order chi connectivity index (χ0) is 17.4. The number of nitrogens with one attached hydrogen (secondary N) is 1. The van der Waals surface area contributed by atoms with Gasteiger partial charge in [0.2, 0.25) is 11.8 Å². The molecule has 0 spiro atoms. The summed E-state index contributed by atoms with van der Waals surface area (Å²) in [5, 5.41) is 2.82. The van der Waals surface area contributed by atoms with Crippen LogP contribution in [0.5, 0.6) is 5.75 Å². The number of likely N-dealkylation sites (N-methyl/N-ethyl adjacent to an activating group) is 1. The van der Waals surface area contributed by atoms with Crippen LogP contribution < -0.4 is 10.1 Å². The number of carbonyl (C=O) groups excluding carboxylic acids is 2. The second kappa shape index (κ2) is 9.27. The van der Waals surface area contributed by atoms with E-state index in [1.165, 1.54) is 0 Å². The first-order valence-corrected chi connectivity index (χ1v) is 8.52. The van der Waals surface area contributed by atoms with Crippen molar-refractivity contribution in [2.45, 2.75) is 19.8 Å². The lowest BCUT2D eigenvalue weighted by atomic mass is 10.1. The Labute approximate surface area is 143 Å². The fourth-order valence-corrected chi connectivity index (χ4v) is 2.87. The van der Waals surface area contributed by atoms with Gasteiger partial charge in [0.05, 0.1) is 7.11 Å². The lowest BCUT2D eigenvalue weighted by molar-refractivity contribution is -0.137. The van der Waals surface area contributed by atoms with E-state index >= 15 is 0 Å². The van der Waals surface area contributed by atoms with Crippen LogP contribution >= 0.6 is 0 Å². The van der Waals surface area contributed by atoms with E-state index in [1.807, 2.05) is 24.3 Å². The SMILES string of the molecule is CCN1CCN(C(=O)CC(=O)NCCc2ccccc2OC)CC1. The van der Waals surface area contributed by atoms with Crippen molar-refractivity contribution in [1.29, 1.82) is 0 Å². The molecular formula is C18H27N3O3. The number of para-hydroxylation sites is 1. The molecule has 1 N–H and O–H groups in total. The summed E-state index contributed by atoms with van der Waals surface area (Å²) in [5.41, 5.74) is 1.04. The molecule has 0 aliphatic carbocycles. The molecule has 6 nitrogen and oxygen atoms in total. The fraction of sp³-hybridized carbons (Fsp3) is 0.556. The summed E-state index contributed by atoms with van der Waals surface area (Å²) in [6.45, 7) is 6.81. The maximum atomic E-state index is 12.2. The van der Waals surface area contributed by atoms with E-state index in [0.717, 1.165) is 30.9 Å². The molecule has 0 bridgehead atoms. The molecular weight excluding hydrogens is 306 g/mol. The van der Waals surface area contributed by atoms with Crippen molar-refractivity contribution in [1.82, 2.24) is 15.1 Å². The van der Waals surface area contributed by atoms with Gasteiger partial charge in [0.25, 0.3) is 0 Å². The molecule has 0 saturated carbocycles. The summed E-state index contributed by atoms with van der Waals surface area (Å²) < 4.78 is 5.29. The van der Waals surface area contributed by atoms with Gasteiger partial charge in [-0.15, -0.1) is 0 Å². The zero-order valence-corrected chi connectivity index (χ0v) is 14.6. The second-order valence-electron chi connectivity index (χ2n) is 5.90. The highest BCUT2D eigenvalue weighted by Gasteiger charge is 2.21. The van der Waals surface area contributed by atoms with Gasteiger partial charge in [0, 0.05) is 32.7 Å². The van der Waals surface area contributed by atoms with Crippen LogP contribution in [0.4, 0.5) is 0 Å². The van der Waals surface area contributed by atoms with Crippen LogP contribution in [-0.4, -0.2) is 68.0 Å². The molecule has 0 aromatic heterocycles. The Kier molecular flexibility index (Phi) is 7.06. The number of piperazine rings is 1. The molecule has 1 saturated heterocycles. The molecule has 0 atom stereocenters. The first-order valence-electron chi connectivity index (χ1n) is 8.52. The van der Waals surface area contributed by atoms with Gasteiger partial charge in [0.1, 0.15) is 12.2 Å². The van der Waals surface area contributed by atoms with Crippen molar-refractivity contribution in [2.75, 3.05) is 46.4 Å². The summed E-state index contributed by atoms with van der Waals surface area (Å²) in [4.78, 5) is 28.2. The van der Waals surface area contributed by atoms with Crippen molar-refractivity contribution < 1.29 is 14.3 Å². The maximum absolute atomic E-state index is 12.2. The van der Waals surface area contributed by atoms with E-state index in [9.17, 15) is 9.59 Å². The molecule has 1 aliphatic rings. The minimum Gasteiger partial charge on any atom is -0.496 e. The van der Waals surface area contributed by atoms with Gasteiger partial charge >= 0.3 is 0 Å². The molecule has 2 amide bonds. The van der Waals surface area contributed by atoms with Crippen LogP contribution in [-0.2, 0) is 16.0 Å². The zero-order valence-electron chi connectivity index (χ0n) is 14.6. The van der Waals surface area contributed by atoms with Gasteiger partial charge in [-0.2, -0.15) is 0 Å². The fourth-order valence-electron chi connectivity index (χ4n) is 2.87. The van der Waals surface area contributed by atoms with Crippen LogP contribution in [0, 0.1) is 0 Å². The Morgan fingerprint density at radius 3 is 2.54 bits per heavy atom. The highest BCUT2D eigenvalue weighted by molar-refractivity contribution is 5.96. The number of ether oxygens (including phenoxy) is 1. The highest BCUT2D eigenvalue weighted by Crippen LogP contribution is 2.17. The molecule has 1 aromatic carbocycles. The summed E-state index contributed by atoms with van der Waals surface area (Å²) in [6, 6.07) is 7.73. The normalized spacial score (nSPS) is 15.2. The van der Waals surface area contributed by atoms with Crippen molar-refractivity contribution >= 4 is 11.8 Å². The standard InChI is InChI=1S/C18H27N3O3/c1-3-20-10-12-21(13-11-20)18(23)14-17(22)19-9-8-15-6-4-5-7-16(15)24-2/h4-7H,3,8-14H2,1-2H3,(H,19,22). The van der Waals surface area contributed by atoms with Gasteiger partial charge in [0.15, 0.2) is 0 Å². The number of benzene rings is 1. The summed E-state index contributed by atoms with van der Waals surface area (Å²) >= 11 is 0. The van der Waals surface area contributed by atoms with E-state index in [-0.39, 0.29) is 18.2 Å².